The zero-order chi connectivity index (χ0) is 16.7. The molecule has 0 unspecified atom stereocenters. The van der Waals surface area contributed by atoms with E-state index >= 15 is 0 Å². The Kier molecular flexibility index (Phi) is 3.53. The Morgan fingerprint density at radius 2 is 2.00 bits per heavy atom. The second-order valence-electron chi connectivity index (χ2n) is 6.63. The maximum absolute atomic E-state index is 13.1. The molecule has 2 aliphatic heterocycles. The van der Waals surface area contributed by atoms with E-state index in [1.54, 1.807) is 6.92 Å². The molecule has 5 heteroatoms. The van der Waals surface area contributed by atoms with E-state index in [4.69, 9.17) is 4.74 Å². The highest BCUT2D eigenvalue weighted by Crippen LogP contribution is 2.34. The number of nitrogens with zero attached hydrogens (tertiary/aromatic N) is 1. The minimum Gasteiger partial charge on any atom is -0.376 e. The van der Waals surface area contributed by atoms with E-state index in [2.05, 4.69) is 5.32 Å². The quantitative estimate of drug-likeness (QED) is 0.883. The number of nitrogens with one attached hydrogen (secondary N) is 1. The van der Waals surface area contributed by atoms with Gasteiger partial charge in [-0.25, -0.2) is 4.79 Å². The molecular weight excluding hydrogens is 304 g/mol. The summed E-state index contributed by atoms with van der Waals surface area (Å²) in [6, 6.07) is 13.4. The van der Waals surface area contributed by atoms with Crippen molar-refractivity contribution >= 4 is 22.7 Å². The summed E-state index contributed by atoms with van der Waals surface area (Å²) < 4.78 is 5.58. The van der Waals surface area contributed by atoms with Crippen molar-refractivity contribution in [2.45, 2.75) is 31.4 Å². The molecule has 4 rings (SSSR count). The zero-order valence-electron chi connectivity index (χ0n) is 13.6. The van der Waals surface area contributed by atoms with Crippen molar-refractivity contribution in [2.24, 2.45) is 0 Å². The van der Waals surface area contributed by atoms with Gasteiger partial charge in [0.25, 0.3) is 5.91 Å². The van der Waals surface area contributed by atoms with Gasteiger partial charge in [-0.05, 0) is 36.1 Å². The summed E-state index contributed by atoms with van der Waals surface area (Å²) in [6.07, 6.45) is 1.83. The number of carbonyl (C=O) groups is 2. The van der Waals surface area contributed by atoms with E-state index in [0.29, 0.717) is 13.2 Å². The topological polar surface area (TPSA) is 58.6 Å². The van der Waals surface area contributed by atoms with Crippen molar-refractivity contribution in [2.75, 3.05) is 13.2 Å². The Morgan fingerprint density at radius 3 is 2.79 bits per heavy atom. The van der Waals surface area contributed by atoms with Gasteiger partial charge in [0.15, 0.2) is 0 Å². The molecule has 0 spiro atoms. The van der Waals surface area contributed by atoms with Crippen LogP contribution in [-0.2, 0) is 15.1 Å². The standard InChI is InChI=1S/C19H20N2O3/c1-19(16-10-4-7-13-6-2-3-9-15(13)16)17(22)21(18(23)20-19)12-14-8-5-11-24-14/h2-4,6-7,9-10,14H,5,8,11-12H2,1H3,(H,20,23)/t14-,19-/m1/s1. The fourth-order valence-corrected chi connectivity index (χ4v) is 3.70. The van der Waals surface area contributed by atoms with Crippen LogP contribution in [0, 0.1) is 0 Å². The molecule has 2 aliphatic rings. The number of amides is 3. The first-order valence-electron chi connectivity index (χ1n) is 8.33. The third kappa shape index (κ3) is 2.27. The summed E-state index contributed by atoms with van der Waals surface area (Å²) in [7, 11) is 0. The lowest BCUT2D eigenvalue weighted by atomic mass is 9.88. The van der Waals surface area contributed by atoms with Crippen LogP contribution in [0.4, 0.5) is 4.79 Å². The van der Waals surface area contributed by atoms with Gasteiger partial charge >= 0.3 is 6.03 Å². The number of fused-ring (bicyclic) bond motifs is 1. The first-order valence-corrected chi connectivity index (χ1v) is 8.33. The fraction of sp³-hybridized carbons (Fsp3) is 0.368. The molecule has 2 aromatic carbocycles. The number of hydrogen-bond donors (Lipinski definition) is 1. The molecule has 2 aromatic rings. The Morgan fingerprint density at radius 1 is 1.21 bits per heavy atom. The van der Waals surface area contributed by atoms with Crippen LogP contribution >= 0.6 is 0 Å². The summed E-state index contributed by atoms with van der Waals surface area (Å²) in [5.74, 6) is -0.209. The van der Waals surface area contributed by atoms with Crippen LogP contribution < -0.4 is 5.32 Å². The van der Waals surface area contributed by atoms with Gasteiger partial charge in [0.05, 0.1) is 12.6 Å². The van der Waals surface area contributed by atoms with Crippen molar-refractivity contribution in [1.29, 1.82) is 0 Å². The van der Waals surface area contributed by atoms with Crippen LogP contribution in [0.5, 0.6) is 0 Å². The predicted octanol–water partition coefficient (Wildman–Crippen LogP) is 2.79. The monoisotopic (exact) mass is 324 g/mol. The molecular formula is C19H20N2O3. The highest BCUT2D eigenvalue weighted by atomic mass is 16.5. The maximum atomic E-state index is 13.1. The molecule has 124 valence electrons. The molecule has 5 nitrogen and oxygen atoms in total. The normalized spacial score (nSPS) is 27.0. The number of ether oxygens (including phenoxy) is 1. The lowest BCUT2D eigenvalue weighted by molar-refractivity contribution is -0.132. The minimum atomic E-state index is -1.05. The second kappa shape index (κ2) is 5.60. The van der Waals surface area contributed by atoms with Crippen molar-refractivity contribution in [1.82, 2.24) is 10.2 Å². The molecule has 2 saturated heterocycles. The number of urea groups is 1. The van der Waals surface area contributed by atoms with E-state index in [-0.39, 0.29) is 18.0 Å². The van der Waals surface area contributed by atoms with E-state index in [0.717, 1.165) is 29.2 Å². The van der Waals surface area contributed by atoms with Crippen molar-refractivity contribution in [3.05, 3.63) is 48.0 Å². The molecule has 24 heavy (non-hydrogen) atoms. The third-order valence-electron chi connectivity index (χ3n) is 5.01. The average Bonchev–Trinajstić information content (AvgIpc) is 3.18. The van der Waals surface area contributed by atoms with Crippen molar-refractivity contribution < 1.29 is 14.3 Å². The molecule has 0 saturated carbocycles. The molecule has 2 fully saturated rings. The zero-order valence-corrected chi connectivity index (χ0v) is 13.6. The van der Waals surface area contributed by atoms with Crippen LogP contribution in [0.2, 0.25) is 0 Å². The number of imide groups is 1. The smallest absolute Gasteiger partial charge is 0.325 e. The third-order valence-corrected chi connectivity index (χ3v) is 5.01. The lowest BCUT2D eigenvalue weighted by Crippen LogP contribution is -2.42. The summed E-state index contributed by atoms with van der Waals surface area (Å²) >= 11 is 0. The first-order chi connectivity index (χ1) is 11.6. The maximum Gasteiger partial charge on any atom is 0.325 e. The summed E-state index contributed by atoms with van der Waals surface area (Å²) in [5, 5.41) is 4.93. The van der Waals surface area contributed by atoms with E-state index in [9.17, 15) is 9.59 Å². The summed E-state index contributed by atoms with van der Waals surface area (Å²) in [4.78, 5) is 26.8. The molecule has 1 N–H and O–H groups in total. The minimum absolute atomic E-state index is 0.0467. The van der Waals surface area contributed by atoms with E-state index in [1.807, 2.05) is 42.5 Å². The van der Waals surface area contributed by atoms with Crippen LogP contribution in [0.3, 0.4) is 0 Å². The second-order valence-corrected chi connectivity index (χ2v) is 6.63. The number of hydrogen-bond acceptors (Lipinski definition) is 3. The average molecular weight is 324 g/mol. The van der Waals surface area contributed by atoms with Gasteiger partial charge in [0.1, 0.15) is 5.54 Å². The van der Waals surface area contributed by atoms with Crippen LogP contribution in [0.25, 0.3) is 10.8 Å². The van der Waals surface area contributed by atoms with Gasteiger partial charge < -0.3 is 10.1 Å². The fourth-order valence-electron chi connectivity index (χ4n) is 3.70. The van der Waals surface area contributed by atoms with Gasteiger partial charge in [-0.15, -0.1) is 0 Å². The number of carbonyl (C=O) groups excluding carboxylic acids is 2. The number of benzene rings is 2. The molecule has 2 heterocycles. The molecule has 2 atom stereocenters. The SMILES string of the molecule is C[C@]1(c2cccc3ccccc23)NC(=O)N(C[C@H]2CCCO2)C1=O. The molecule has 0 radical (unpaired) electrons. The van der Waals surface area contributed by atoms with Gasteiger partial charge in [-0.2, -0.15) is 0 Å². The van der Waals surface area contributed by atoms with Crippen LogP contribution in [0.15, 0.2) is 42.5 Å². The Hall–Kier alpha value is -2.40. The van der Waals surface area contributed by atoms with Gasteiger partial charge in [0, 0.05) is 6.61 Å². The molecule has 0 aromatic heterocycles. The van der Waals surface area contributed by atoms with Crippen molar-refractivity contribution in [3.63, 3.8) is 0 Å². The Labute approximate surface area is 140 Å². The summed E-state index contributed by atoms with van der Waals surface area (Å²) in [6.45, 7) is 2.81. The van der Waals surface area contributed by atoms with Crippen LogP contribution in [0.1, 0.15) is 25.3 Å². The molecule has 3 amide bonds. The highest BCUT2D eigenvalue weighted by molar-refractivity contribution is 6.09. The van der Waals surface area contributed by atoms with Gasteiger partial charge in [0.2, 0.25) is 0 Å². The Balaban J connectivity index is 1.71. The highest BCUT2D eigenvalue weighted by Gasteiger charge is 2.50. The largest absolute Gasteiger partial charge is 0.376 e. The lowest BCUT2D eigenvalue weighted by Gasteiger charge is -2.24. The molecule has 0 bridgehead atoms. The van der Waals surface area contributed by atoms with Crippen LogP contribution in [-0.4, -0.2) is 36.1 Å². The van der Waals surface area contributed by atoms with Crippen molar-refractivity contribution in [3.8, 4) is 0 Å². The van der Waals surface area contributed by atoms with Gasteiger partial charge in [-0.1, -0.05) is 42.5 Å². The first kappa shape index (κ1) is 15.1. The predicted molar refractivity (Wildman–Crippen MR) is 90.5 cm³/mol. The number of rotatable bonds is 3. The van der Waals surface area contributed by atoms with E-state index in [1.165, 1.54) is 4.90 Å². The Bertz CT molecular complexity index is 808. The van der Waals surface area contributed by atoms with Gasteiger partial charge in [-0.3, -0.25) is 9.69 Å². The van der Waals surface area contributed by atoms with E-state index < -0.39 is 5.54 Å². The molecule has 0 aliphatic carbocycles. The summed E-state index contributed by atoms with van der Waals surface area (Å²) in [5.41, 5.74) is -0.218.